The summed E-state index contributed by atoms with van der Waals surface area (Å²) in [4.78, 5) is 25.5. The van der Waals surface area contributed by atoms with Gasteiger partial charge in [0.1, 0.15) is 0 Å². The van der Waals surface area contributed by atoms with Crippen LogP contribution in [0.5, 0.6) is 0 Å². The summed E-state index contributed by atoms with van der Waals surface area (Å²) in [7, 11) is 0. The molecule has 4 heterocycles. The molecule has 2 aliphatic rings. The van der Waals surface area contributed by atoms with Crippen LogP contribution in [0.15, 0.2) is 43.2 Å². The number of nitrogens with zero attached hydrogens (tertiary/aromatic N) is 5. The molecule has 0 unspecified atom stereocenters. The first-order chi connectivity index (χ1) is 12.8. The molecule has 2 saturated heterocycles. The maximum Gasteiger partial charge on any atom is 0.222 e. The molecule has 0 bridgehead atoms. The zero-order valence-corrected chi connectivity index (χ0v) is 15.2. The molecule has 6 heteroatoms. The van der Waals surface area contributed by atoms with Crippen LogP contribution >= 0.6 is 0 Å². The van der Waals surface area contributed by atoms with Gasteiger partial charge in [-0.3, -0.25) is 14.7 Å². The third-order valence-corrected chi connectivity index (χ3v) is 5.73. The van der Waals surface area contributed by atoms with Crippen LogP contribution in [-0.4, -0.2) is 55.9 Å². The number of carbonyl (C=O) groups is 1. The molecule has 6 nitrogen and oxygen atoms in total. The maximum absolute atomic E-state index is 12.5. The number of pyridine rings is 1. The van der Waals surface area contributed by atoms with Crippen molar-refractivity contribution in [2.75, 3.05) is 19.6 Å². The fraction of sp³-hybridized carbons (Fsp3) is 0.550. The van der Waals surface area contributed by atoms with Gasteiger partial charge in [-0.2, -0.15) is 0 Å². The van der Waals surface area contributed by atoms with E-state index in [1.165, 1.54) is 5.56 Å². The molecule has 2 aliphatic heterocycles. The number of hydrogen-bond acceptors (Lipinski definition) is 4. The van der Waals surface area contributed by atoms with Gasteiger partial charge in [0.25, 0.3) is 0 Å². The minimum Gasteiger partial charge on any atom is -0.339 e. The van der Waals surface area contributed by atoms with E-state index in [1.807, 2.05) is 31.0 Å². The van der Waals surface area contributed by atoms with Gasteiger partial charge in [-0.15, -0.1) is 0 Å². The van der Waals surface area contributed by atoms with E-state index in [-0.39, 0.29) is 0 Å². The molecule has 2 aromatic rings. The Balaban J connectivity index is 1.33. The first-order valence-electron chi connectivity index (χ1n) is 9.66. The Morgan fingerprint density at radius 1 is 1.15 bits per heavy atom. The highest BCUT2D eigenvalue weighted by Gasteiger charge is 2.38. The lowest BCUT2D eigenvalue weighted by molar-refractivity contribution is -0.141. The molecular weight excluding hydrogens is 326 g/mol. The average Bonchev–Trinajstić information content (AvgIpc) is 3.18. The van der Waals surface area contributed by atoms with Crippen molar-refractivity contribution in [2.45, 2.75) is 44.8 Å². The van der Waals surface area contributed by atoms with E-state index in [0.717, 1.165) is 52.0 Å². The molecular formula is C20H27N5O. The smallest absolute Gasteiger partial charge is 0.222 e. The number of carbonyl (C=O) groups excluding carboxylic acids is 1. The van der Waals surface area contributed by atoms with Crippen LogP contribution in [0.25, 0.3) is 0 Å². The van der Waals surface area contributed by atoms with Crippen LogP contribution in [0.2, 0.25) is 0 Å². The van der Waals surface area contributed by atoms with Crippen molar-refractivity contribution in [3.63, 3.8) is 0 Å². The number of amides is 1. The fourth-order valence-electron chi connectivity index (χ4n) is 4.45. The van der Waals surface area contributed by atoms with E-state index in [4.69, 9.17) is 0 Å². The molecule has 0 aliphatic carbocycles. The standard InChI is InChI=1S/C20H27N5O/c26-20-5-4-18-15-24(14-17-3-1-7-21-13-17)11-6-19(18)25(20)10-2-9-23-12-8-22-16-23/h1,3,7-8,12-13,16,18-19H,2,4-6,9-11,14-15H2/t18-,19+/m0/s1. The Labute approximate surface area is 154 Å². The number of fused-ring (bicyclic) bond motifs is 1. The number of hydrogen-bond donors (Lipinski definition) is 0. The van der Waals surface area contributed by atoms with E-state index in [1.54, 1.807) is 6.20 Å². The third kappa shape index (κ3) is 3.96. The van der Waals surface area contributed by atoms with Gasteiger partial charge in [0.05, 0.1) is 6.33 Å². The summed E-state index contributed by atoms with van der Waals surface area (Å²) in [5.41, 5.74) is 1.27. The summed E-state index contributed by atoms with van der Waals surface area (Å²) < 4.78 is 2.09. The van der Waals surface area contributed by atoms with Crippen LogP contribution in [0, 0.1) is 5.92 Å². The van der Waals surface area contributed by atoms with Gasteiger partial charge in [-0.1, -0.05) is 6.07 Å². The lowest BCUT2D eigenvalue weighted by atomic mass is 9.83. The fourth-order valence-corrected chi connectivity index (χ4v) is 4.45. The lowest BCUT2D eigenvalue weighted by Gasteiger charge is -2.47. The minimum absolute atomic E-state index is 0.345. The number of imidazole rings is 1. The topological polar surface area (TPSA) is 54.3 Å². The molecule has 0 saturated carbocycles. The number of piperidine rings is 2. The van der Waals surface area contributed by atoms with Crippen molar-refractivity contribution in [1.29, 1.82) is 0 Å². The second kappa shape index (κ2) is 7.99. The molecule has 0 aromatic carbocycles. The van der Waals surface area contributed by atoms with Gasteiger partial charge in [0, 0.05) is 70.0 Å². The van der Waals surface area contributed by atoms with Crippen LogP contribution < -0.4 is 0 Å². The zero-order valence-electron chi connectivity index (χ0n) is 15.2. The molecule has 26 heavy (non-hydrogen) atoms. The quantitative estimate of drug-likeness (QED) is 0.799. The SMILES string of the molecule is O=C1CC[C@H]2CN(Cc3cccnc3)CC[C@H]2N1CCCn1ccnc1. The highest BCUT2D eigenvalue weighted by atomic mass is 16.2. The van der Waals surface area contributed by atoms with Crippen LogP contribution in [0.3, 0.4) is 0 Å². The Morgan fingerprint density at radius 3 is 2.92 bits per heavy atom. The molecule has 0 spiro atoms. The third-order valence-electron chi connectivity index (χ3n) is 5.73. The van der Waals surface area contributed by atoms with Gasteiger partial charge in [-0.05, 0) is 36.8 Å². The predicted molar refractivity (Wildman–Crippen MR) is 99.2 cm³/mol. The number of aromatic nitrogens is 3. The molecule has 4 rings (SSSR count). The van der Waals surface area contributed by atoms with Gasteiger partial charge < -0.3 is 9.47 Å². The number of likely N-dealkylation sites (tertiary alicyclic amines) is 2. The first kappa shape index (κ1) is 17.2. The monoisotopic (exact) mass is 353 g/mol. The molecule has 1 amide bonds. The molecule has 2 atom stereocenters. The first-order valence-corrected chi connectivity index (χ1v) is 9.66. The van der Waals surface area contributed by atoms with E-state index in [0.29, 0.717) is 24.3 Å². The van der Waals surface area contributed by atoms with E-state index >= 15 is 0 Å². The van der Waals surface area contributed by atoms with Gasteiger partial charge in [-0.25, -0.2) is 4.98 Å². The van der Waals surface area contributed by atoms with Gasteiger partial charge >= 0.3 is 0 Å². The second-order valence-electron chi connectivity index (χ2n) is 7.49. The molecule has 2 aromatic heterocycles. The van der Waals surface area contributed by atoms with Crippen molar-refractivity contribution in [3.05, 3.63) is 48.8 Å². The summed E-state index contributed by atoms with van der Waals surface area (Å²) in [5.74, 6) is 0.948. The normalized spacial score (nSPS) is 23.8. The molecule has 0 N–H and O–H groups in total. The van der Waals surface area contributed by atoms with E-state index in [2.05, 4.69) is 30.4 Å². The summed E-state index contributed by atoms with van der Waals surface area (Å²) in [5, 5.41) is 0. The van der Waals surface area contributed by atoms with Crippen molar-refractivity contribution in [2.24, 2.45) is 5.92 Å². The number of rotatable bonds is 6. The zero-order chi connectivity index (χ0) is 17.8. The van der Waals surface area contributed by atoms with Crippen molar-refractivity contribution < 1.29 is 4.79 Å². The maximum atomic E-state index is 12.5. The van der Waals surface area contributed by atoms with Gasteiger partial charge in [0.15, 0.2) is 0 Å². The summed E-state index contributed by atoms with van der Waals surface area (Å²) >= 11 is 0. The number of aryl methyl sites for hydroxylation is 1. The Morgan fingerprint density at radius 2 is 2.12 bits per heavy atom. The Hall–Kier alpha value is -2.21. The molecule has 2 fully saturated rings. The lowest BCUT2D eigenvalue weighted by Crippen LogP contribution is -2.56. The molecule has 138 valence electrons. The summed E-state index contributed by atoms with van der Waals surface area (Å²) in [6.07, 6.45) is 13.2. The Kier molecular flexibility index (Phi) is 5.29. The Bertz CT molecular complexity index is 702. The molecule has 0 radical (unpaired) electrons. The van der Waals surface area contributed by atoms with Crippen LogP contribution in [-0.2, 0) is 17.9 Å². The minimum atomic E-state index is 0.345. The van der Waals surface area contributed by atoms with Gasteiger partial charge in [0.2, 0.25) is 5.91 Å². The van der Waals surface area contributed by atoms with Crippen LogP contribution in [0.4, 0.5) is 0 Å². The van der Waals surface area contributed by atoms with Crippen LogP contribution in [0.1, 0.15) is 31.2 Å². The average molecular weight is 353 g/mol. The van der Waals surface area contributed by atoms with Crippen molar-refractivity contribution >= 4 is 5.91 Å². The van der Waals surface area contributed by atoms with E-state index in [9.17, 15) is 4.79 Å². The summed E-state index contributed by atoms with van der Waals surface area (Å²) in [6.45, 7) is 4.90. The highest BCUT2D eigenvalue weighted by Crippen LogP contribution is 2.32. The van der Waals surface area contributed by atoms with Crippen molar-refractivity contribution in [3.8, 4) is 0 Å². The largest absolute Gasteiger partial charge is 0.339 e. The second-order valence-corrected chi connectivity index (χ2v) is 7.49. The van der Waals surface area contributed by atoms with E-state index < -0.39 is 0 Å². The predicted octanol–water partition coefficient (Wildman–Crippen LogP) is 2.18. The summed E-state index contributed by atoms with van der Waals surface area (Å²) in [6, 6.07) is 4.57. The highest BCUT2D eigenvalue weighted by molar-refractivity contribution is 5.77. The van der Waals surface area contributed by atoms with Crippen molar-refractivity contribution in [1.82, 2.24) is 24.3 Å².